The molecule has 0 saturated carbocycles. The number of Topliss-reactive ketones (excluding diaryl/α,β-unsaturated/α-hetero) is 1. The van der Waals surface area contributed by atoms with Crippen molar-refractivity contribution in [2.45, 2.75) is 13.3 Å². The van der Waals surface area contributed by atoms with Gasteiger partial charge in [0.2, 0.25) is 0 Å². The number of aryl methyl sites for hydroxylation is 1. The third-order valence-corrected chi connectivity index (χ3v) is 3.37. The van der Waals surface area contributed by atoms with Crippen molar-refractivity contribution in [1.82, 2.24) is 9.97 Å². The summed E-state index contributed by atoms with van der Waals surface area (Å²) in [4.78, 5) is 31.3. The van der Waals surface area contributed by atoms with Crippen LogP contribution in [-0.2, 0) is 6.42 Å². The van der Waals surface area contributed by atoms with Crippen molar-refractivity contribution in [3.05, 3.63) is 75.7 Å². The third-order valence-electron chi connectivity index (χ3n) is 3.37. The molecule has 1 N–H and O–H groups in total. The van der Waals surface area contributed by atoms with Crippen LogP contribution in [0, 0.1) is 6.92 Å². The minimum absolute atomic E-state index is 0.00320. The van der Waals surface area contributed by atoms with Crippen molar-refractivity contribution in [3.8, 4) is 0 Å². The fraction of sp³-hybridized carbons (Fsp3) is 0.118. The number of fused-ring (bicyclic) bond motifs is 1. The lowest BCUT2D eigenvalue weighted by molar-refractivity contribution is 0.0991. The summed E-state index contributed by atoms with van der Waals surface area (Å²) in [5.41, 5.74) is 2.98. The standard InChI is InChI=1S/C17H14N2O2/c1-11-6-8-12(9-7-11)16(20)10-15-17(21)19-14-5-3-2-4-13(14)18-15/h2-9H,10H2,1H3,(H,19,21). The van der Waals surface area contributed by atoms with Gasteiger partial charge in [-0.2, -0.15) is 0 Å². The Bertz CT molecular complexity index is 864. The van der Waals surface area contributed by atoms with Gasteiger partial charge in [-0.05, 0) is 19.1 Å². The van der Waals surface area contributed by atoms with Crippen molar-refractivity contribution in [2.75, 3.05) is 0 Å². The van der Waals surface area contributed by atoms with E-state index in [0.717, 1.165) is 5.56 Å². The van der Waals surface area contributed by atoms with Gasteiger partial charge in [0.1, 0.15) is 5.69 Å². The normalized spacial score (nSPS) is 10.7. The summed E-state index contributed by atoms with van der Waals surface area (Å²) < 4.78 is 0. The van der Waals surface area contributed by atoms with E-state index in [4.69, 9.17) is 0 Å². The number of aromatic nitrogens is 2. The smallest absolute Gasteiger partial charge is 0.270 e. The average Bonchev–Trinajstić information content (AvgIpc) is 2.48. The molecule has 0 aliphatic rings. The van der Waals surface area contributed by atoms with Crippen molar-refractivity contribution >= 4 is 16.8 Å². The van der Waals surface area contributed by atoms with E-state index in [2.05, 4.69) is 9.97 Å². The Morgan fingerprint density at radius 2 is 1.81 bits per heavy atom. The minimum atomic E-state index is -0.311. The largest absolute Gasteiger partial charge is 0.319 e. The first-order valence-electron chi connectivity index (χ1n) is 6.71. The highest BCUT2D eigenvalue weighted by molar-refractivity contribution is 5.97. The Balaban J connectivity index is 1.94. The van der Waals surface area contributed by atoms with Gasteiger partial charge in [-0.1, -0.05) is 42.0 Å². The Labute approximate surface area is 121 Å². The molecular formula is C17H14N2O2. The topological polar surface area (TPSA) is 62.8 Å². The maximum Gasteiger partial charge on any atom is 0.270 e. The minimum Gasteiger partial charge on any atom is -0.319 e. The highest BCUT2D eigenvalue weighted by Crippen LogP contribution is 2.09. The van der Waals surface area contributed by atoms with E-state index in [-0.39, 0.29) is 23.5 Å². The molecule has 0 aliphatic heterocycles. The number of carbonyl (C=O) groups excluding carboxylic acids is 1. The molecule has 0 unspecified atom stereocenters. The first kappa shape index (κ1) is 13.2. The van der Waals surface area contributed by atoms with E-state index in [1.807, 2.05) is 37.3 Å². The quantitative estimate of drug-likeness (QED) is 0.749. The number of carbonyl (C=O) groups is 1. The van der Waals surface area contributed by atoms with Gasteiger partial charge in [0.25, 0.3) is 5.56 Å². The maximum atomic E-state index is 12.2. The van der Waals surface area contributed by atoms with Gasteiger partial charge in [0.15, 0.2) is 5.78 Å². The van der Waals surface area contributed by atoms with Crippen molar-refractivity contribution in [3.63, 3.8) is 0 Å². The number of hydrogen-bond donors (Lipinski definition) is 1. The van der Waals surface area contributed by atoms with Crippen LogP contribution in [0.2, 0.25) is 0 Å². The molecule has 2 aromatic carbocycles. The average molecular weight is 278 g/mol. The SMILES string of the molecule is Cc1ccc(C(=O)Cc2nc3ccccc3[nH]c2=O)cc1. The van der Waals surface area contributed by atoms with E-state index in [9.17, 15) is 9.59 Å². The van der Waals surface area contributed by atoms with Crippen molar-refractivity contribution in [2.24, 2.45) is 0 Å². The zero-order valence-electron chi connectivity index (χ0n) is 11.6. The lowest BCUT2D eigenvalue weighted by atomic mass is 10.1. The zero-order valence-corrected chi connectivity index (χ0v) is 11.6. The molecule has 0 bridgehead atoms. The second-order valence-electron chi connectivity index (χ2n) is 5.00. The molecule has 0 fully saturated rings. The molecule has 3 rings (SSSR count). The number of ketones is 1. The number of benzene rings is 2. The number of H-pyrrole nitrogens is 1. The number of rotatable bonds is 3. The number of aromatic amines is 1. The zero-order chi connectivity index (χ0) is 14.8. The van der Waals surface area contributed by atoms with Gasteiger partial charge in [0.05, 0.1) is 17.5 Å². The monoisotopic (exact) mass is 278 g/mol. The van der Waals surface area contributed by atoms with E-state index in [0.29, 0.717) is 16.6 Å². The molecule has 3 aromatic rings. The predicted molar refractivity (Wildman–Crippen MR) is 81.6 cm³/mol. The second kappa shape index (κ2) is 5.32. The lowest BCUT2D eigenvalue weighted by Gasteiger charge is -2.03. The van der Waals surface area contributed by atoms with Crippen LogP contribution in [0.15, 0.2) is 53.3 Å². The summed E-state index contributed by atoms with van der Waals surface area (Å²) in [6, 6.07) is 14.6. The molecule has 4 heteroatoms. The van der Waals surface area contributed by atoms with E-state index in [1.54, 1.807) is 18.2 Å². The van der Waals surface area contributed by atoms with Gasteiger partial charge < -0.3 is 4.98 Å². The molecule has 0 aliphatic carbocycles. The molecule has 21 heavy (non-hydrogen) atoms. The number of para-hydroxylation sites is 2. The lowest BCUT2D eigenvalue weighted by Crippen LogP contribution is -2.18. The molecule has 0 spiro atoms. The van der Waals surface area contributed by atoms with Crippen LogP contribution in [0.4, 0.5) is 0 Å². The van der Waals surface area contributed by atoms with E-state index >= 15 is 0 Å². The van der Waals surface area contributed by atoms with Gasteiger partial charge in [-0.3, -0.25) is 9.59 Å². The van der Waals surface area contributed by atoms with Crippen LogP contribution in [-0.4, -0.2) is 15.8 Å². The van der Waals surface area contributed by atoms with E-state index in [1.165, 1.54) is 0 Å². The Morgan fingerprint density at radius 3 is 2.57 bits per heavy atom. The van der Waals surface area contributed by atoms with E-state index < -0.39 is 0 Å². The highest BCUT2D eigenvalue weighted by Gasteiger charge is 2.12. The van der Waals surface area contributed by atoms with Gasteiger partial charge in [-0.15, -0.1) is 0 Å². The number of nitrogens with one attached hydrogen (secondary N) is 1. The fourth-order valence-corrected chi connectivity index (χ4v) is 2.18. The first-order valence-corrected chi connectivity index (χ1v) is 6.71. The molecule has 0 atom stereocenters. The molecule has 1 heterocycles. The maximum absolute atomic E-state index is 12.2. The number of hydrogen-bond acceptors (Lipinski definition) is 3. The molecule has 0 amide bonds. The summed E-state index contributed by atoms with van der Waals surface area (Å²) in [7, 11) is 0. The van der Waals surface area contributed by atoms with Crippen LogP contribution >= 0.6 is 0 Å². The summed E-state index contributed by atoms with van der Waals surface area (Å²) >= 11 is 0. The Kier molecular flexibility index (Phi) is 3.36. The van der Waals surface area contributed by atoms with Crippen molar-refractivity contribution in [1.29, 1.82) is 0 Å². The number of nitrogens with zero attached hydrogens (tertiary/aromatic N) is 1. The third kappa shape index (κ3) is 2.74. The predicted octanol–water partition coefficient (Wildman–Crippen LogP) is 2.66. The van der Waals surface area contributed by atoms with Crippen LogP contribution in [0.3, 0.4) is 0 Å². The summed E-state index contributed by atoms with van der Waals surface area (Å²) in [6.45, 7) is 1.96. The molecular weight excluding hydrogens is 264 g/mol. The van der Waals surface area contributed by atoms with Crippen LogP contribution < -0.4 is 5.56 Å². The highest BCUT2D eigenvalue weighted by atomic mass is 16.1. The molecule has 4 nitrogen and oxygen atoms in total. The van der Waals surface area contributed by atoms with Gasteiger partial charge in [0, 0.05) is 5.56 Å². The Morgan fingerprint density at radius 1 is 1.10 bits per heavy atom. The van der Waals surface area contributed by atoms with Gasteiger partial charge in [-0.25, -0.2) is 4.98 Å². The summed E-state index contributed by atoms with van der Waals surface area (Å²) in [5.74, 6) is -0.108. The van der Waals surface area contributed by atoms with Crippen molar-refractivity contribution < 1.29 is 4.79 Å². The van der Waals surface area contributed by atoms with Crippen LogP contribution in [0.5, 0.6) is 0 Å². The molecule has 0 radical (unpaired) electrons. The summed E-state index contributed by atoms with van der Waals surface area (Å²) in [5, 5.41) is 0. The summed E-state index contributed by atoms with van der Waals surface area (Å²) in [6.07, 6.45) is 0.00320. The second-order valence-corrected chi connectivity index (χ2v) is 5.00. The molecule has 104 valence electrons. The molecule has 1 aromatic heterocycles. The van der Waals surface area contributed by atoms with Crippen LogP contribution in [0.25, 0.3) is 11.0 Å². The van der Waals surface area contributed by atoms with Crippen LogP contribution in [0.1, 0.15) is 21.6 Å². The molecule has 0 saturated heterocycles. The first-order chi connectivity index (χ1) is 10.1. The Hall–Kier alpha value is -2.75. The fourth-order valence-electron chi connectivity index (χ4n) is 2.18. The van der Waals surface area contributed by atoms with Gasteiger partial charge >= 0.3 is 0 Å².